The van der Waals surface area contributed by atoms with E-state index in [-0.39, 0.29) is 6.61 Å². The topological polar surface area (TPSA) is 40.5 Å². The monoisotopic (exact) mass is 186 g/mol. The normalized spacial score (nSPS) is 16.8. The van der Waals surface area contributed by atoms with Crippen LogP contribution in [0.25, 0.3) is 0 Å². The number of aliphatic hydroxyl groups is 2. The third-order valence-corrected chi connectivity index (χ3v) is 2.08. The lowest BCUT2D eigenvalue weighted by molar-refractivity contribution is 0.238. The second kappa shape index (κ2) is 6.23. The van der Waals surface area contributed by atoms with Gasteiger partial charge in [-0.05, 0) is 19.3 Å². The Morgan fingerprint density at radius 3 is 2.20 bits per heavy atom. The Bertz CT molecular complexity index is 78.1. The SMILES string of the molecule is OCCCCC(Cl)C(O)Cl. The number of halogens is 2. The lowest BCUT2D eigenvalue weighted by Crippen LogP contribution is -2.13. The summed E-state index contributed by atoms with van der Waals surface area (Å²) in [6.07, 6.45) is 2.16. The van der Waals surface area contributed by atoms with Crippen LogP contribution >= 0.6 is 23.2 Å². The van der Waals surface area contributed by atoms with Gasteiger partial charge >= 0.3 is 0 Å². The van der Waals surface area contributed by atoms with E-state index in [9.17, 15) is 0 Å². The predicted octanol–water partition coefficient (Wildman–Crippen LogP) is 1.31. The van der Waals surface area contributed by atoms with Crippen molar-refractivity contribution in [2.75, 3.05) is 6.61 Å². The van der Waals surface area contributed by atoms with Crippen LogP contribution in [0.3, 0.4) is 0 Å². The Balaban J connectivity index is 3.13. The molecule has 0 aliphatic carbocycles. The second-order valence-corrected chi connectivity index (χ2v) is 3.12. The van der Waals surface area contributed by atoms with Gasteiger partial charge in [0.2, 0.25) is 0 Å². The minimum absolute atomic E-state index is 0.169. The third kappa shape index (κ3) is 5.30. The summed E-state index contributed by atoms with van der Waals surface area (Å²) >= 11 is 10.9. The first kappa shape index (κ1) is 10.5. The molecule has 0 spiro atoms. The molecule has 0 heterocycles. The van der Waals surface area contributed by atoms with Crippen molar-refractivity contribution >= 4 is 23.2 Å². The van der Waals surface area contributed by atoms with Crippen molar-refractivity contribution in [2.45, 2.75) is 30.2 Å². The molecule has 0 aliphatic rings. The standard InChI is InChI=1S/C6H12Cl2O2/c7-5(6(8)10)3-1-2-4-9/h5-6,9-10H,1-4H2. The molecule has 2 atom stereocenters. The average Bonchev–Trinajstić information content (AvgIpc) is 1.88. The number of unbranched alkanes of at least 4 members (excludes halogenated alkanes) is 1. The second-order valence-electron chi connectivity index (χ2n) is 2.11. The van der Waals surface area contributed by atoms with E-state index in [1.54, 1.807) is 0 Å². The Morgan fingerprint density at radius 2 is 1.80 bits per heavy atom. The molecular weight excluding hydrogens is 175 g/mol. The molecule has 2 N–H and O–H groups in total. The largest absolute Gasteiger partial charge is 0.396 e. The summed E-state index contributed by atoms with van der Waals surface area (Å²) in [4.78, 5) is 0. The van der Waals surface area contributed by atoms with Crippen LogP contribution < -0.4 is 0 Å². The number of hydrogen-bond donors (Lipinski definition) is 2. The molecule has 0 bridgehead atoms. The van der Waals surface area contributed by atoms with E-state index >= 15 is 0 Å². The van der Waals surface area contributed by atoms with Gasteiger partial charge in [0.25, 0.3) is 0 Å². The highest BCUT2D eigenvalue weighted by Gasteiger charge is 2.11. The smallest absolute Gasteiger partial charge is 0.144 e. The molecule has 10 heavy (non-hydrogen) atoms. The van der Waals surface area contributed by atoms with Gasteiger partial charge in [0.05, 0.1) is 5.38 Å². The van der Waals surface area contributed by atoms with Gasteiger partial charge in [-0.2, -0.15) is 0 Å². The van der Waals surface area contributed by atoms with Gasteiger partial charge in [-0.1, -0.05) is 11.6 Å². The van der Waals surface area contributed by atoms with E-state index < -0.39 is 10.9 Å². The summed E-state index contributed by atoms with van der Waals surface area (Å²) in [5.74, 6) is 0. The molecule has 0 saturated heterocycles. The van der Waals surface area contributed by atoms with E-state index in [4.69, 9.17) is 33.4 Å². The van der Waals surface area contributed by atoms with Gasteiger partial charge in [-0.25, -0.2) is 0 Å². The Morgan fingerprint density at radius 1 is 1.20 bits per heavy atom. The molecule has 0 amide bonds. The quantitative estimate of drug-likeness (QED) is 0.503. The first-order valence-electron chi connectivity index (χ1n) is 3.25. The molecule has 0 aromatic rings. The molecule has 0 aliphatic heterocycles. The fraction of sp³-hybridized carbons (Fsp3) is 1.00. The van der Waals surface area contributed by atoms with Gasteiger partial charge in [0.1, 0.15) is 5.56 Å². The number of alkyl halides is 2. The predicted molar refractivity (Wildman–Crippen MR) is 42.4 cm³/mol. The van der Waals surface area contributed by atoms with E-state index in [0.717, 1.165) is 6.42 Å². The van der Waals surface area contributed by atoms with Crippen molar-refractivity contribution in [3.8, 4) is 0 Å². The maximum atomic E-state index is 8.69. The van der Waals surface area contributed by atoms with Crippen molar-refractivity contribution in [2.24, 2.45) is 0 Å². The first-order valence-corrected chi connectivity index (χ1v) is 4.13. The molecule has 62 valence electrons. The van der Waals surface area contributed by atoms with Crippen molar-refractivity contribution in [1.29, 1.82) is 0 Å². The van der Waals surface area contributed by atoms with Gasteiger partial charge in [-0.3, -0.25) is 0 Å². The summed E-state index contributed by atoms with van der Waals surface area (Å²) in [6.45, 7) is 0.169. The Labute approximate surface area is 70.8 Å². The van der Waals surface area contributed by atoms with Crippen LogP contribution in [0.5, 0.6) is 0 Å². The van der Waals surface area contributed by atoms with Gasteiger partial charge in [-0.15, -0.1) is 11.6 Å². The minimum Gasteiger partial charge on any atom is -0.396 e. The molecule has 4 heteroatoms. The van der Waals surface area contributed by atoms with Crippen molar-refractivity contribution in [3.05, 3.63) is 0 Å². The number of hydrogen-bond acceptors (Lipinski definition) is 2. The van der Waals surface area contributed by atoms with Crippen LogP contribution in [-0.4, -0.2) is 27.8 Å². The van der Waals surface area contributed by atoms with Crippen LogP contribution in [0.15, 0.2) is 0 Å². The Kier molecular flexibility index (Phi) is 6.54. The molecule has 0 radical (unpaired) electrons. The van der Waals surface area contributed by atoms with Gasteiger partial charge in [0, 0.05) is 6.61 Å². The minimum atomic E-state index is -0.972. The Hall–Kier alpha value is 0.500. The fourth-order valence-electron chi connectivity index (χ4n) is 0.589. The fourth-order valence-corrected chi connectivity index (χ4v) is 0.869. The van der Waals surface area contributed by atoms with E-state index in [1.807, 2.05) is 0 Å². The molecule has 2 unspecified atom stereocenters. The van der Waals surface area contributed by atoms with Gasteiger partial charge < -0.3 is 10.2 Å². The summed E-state index contributed by atoms with van der Waals surface area (Å²) in [6, 6.07) is 0. The average molecular weight is 187 g/mol. The summed E-state index contributed by atoms with van der Waals surface area (Å²) in [5, 5.41) is 16.7. The van der Waals surface area contributed by atoms with Crippen LogP contribution in [0.1, 0.15) is 19.3 Å². The summed E-state index contributed by atoms with van der Waals surface area (Å²) < 4.78 is 0. The molecular formula is C6H12Cl2O2. The van der Waals surface area contributed by atoms with Crippen LogP contribution in [0.2, 0.25) is 0 Å². The lowest BCUT2D eigenvalue weighted by Gasteiger charge is -2.08. The highest BCUT2D eigenvalue weighted by atomic mass is 35.5. The van der Waals surface area contributed by atoms with E-state index in [1.165, 1.54) is 0 Å². The zero-order valence-corrected chi connectivity index (χ0v) is 7.15. The van der Waals surface area contributed by atoms with Crippen molar-refractivity contribution < 1.29 is 10.2 Å². The highest BCUT2D eigenvalue weighted by Crippen LogP contribution is 2.13. The molecule has 2 nitrogen and oxygen atoms in total. The number of aliphatic hydroxyl groups excluding tert-OH is 2. The maximum absolute atomic E-state index is 8.69. The molecule has 0 aromatic heterocycles. The van der Waals surface area contributed by atoms with Crippen molar-refractivity contribution in [3.63, 3.8) is 0 Å². The van der Waals surface area contributed by atoms with Crippen LogP contribution in [0, 0.1) is 0 Å². The van der Waals surface area contributed by atoms with Crippen LogP contribution in [0.4, 0.5) is 0 Å². The highest BCUT2D eigenvalue weighted by molar-refractivity contribution is 6.29. The molecule has 0 rings (SSSR count). The molecule has 0 saturated carbocycles. The zero-order valence-electron chi connectivity index (χ0n) is 5.63. The molecule has 0 aromatic carbocycles. The summed E-state index contributed by atoms with van der Waals surface area (Å²) in [7, 11) is 0. The number of rotatable bonds is 5. The first-order chi connectivity index (χ1) is 4.68. The third-order valence-electron chi connectivity index (χ3n) is 1.19. The van der Waals surface area contributed by atoms with E-state index in [2.05, 4.69) is 0 Å². The summed E-state index contributed by atoms with van der Waals surface area (Å²) in [5.41, 5.74) is -0.972. The van der Waals surface area contributed by atoms with Gasteiger partial charge in [0.15, 0.2) is 0 Å². The lowest BCUT2D eigenvalue weighted by atomic mass is 10.2. The van der Waals surface area contributed by atoms with Crippen LogP contribution in [-0.2, 0) is 0 Å². The maximum Gasteiger partial charge on any atom is 0.144 e. The molecule has 0 fully saturated rings. The zero-order chi connectivity index (χ0) is 7.98. The van der Waals surface area contributed by atoms with Crippen molar-refractivity contribution in [1.82, 2.24) is 0 Å². The van der Waals surface area contributed by atoms with E-state index in [0.29, 0.717) is 12.8 Å².